The van der Waals surface area contributed by atoms with Crippen molar-refractivity contribution in [3.8, 4) is 5.75 Å². The quantitative estimate of drug-likeness (QED) is 0.788. The van der Waals surface area contributed by atoms with E-state index in [9.17, 15) is 9.59 Å². The number of amides is 1. The number of carbonyl (C=O) groups is 1. The lowest BCUT2D eigenvalue weighted by Crippen LogP contribution is -2.32. The summed E-state index contributed by atoms with van der Waals surface area (Å²) in [6.45, 7) is 0. The first-order valence-electron chi connectivity index (χ1n) is 8.97. The van der Waals surface area contributed by atoms with Gasteiger partial charge in [-0.1, -0.05) is 23.4 Å². The third kappa shape index (κ3) is 3.58. The van der Waals surface area contributed by atoms with Crippen LogP contribution in [0.2, 0.25) is 5.02 Å². The van der Waals surface area contributed by atoms with Crippen molar-refractivity contribution in [1.82, 2.24) is 9.55 Å². The van der Waals surface area contributed by atoms with Gasteiger partial charge in [0.1, 0.15) is 5.75 Å². The zero-order valence-electron chi connectivity index (χ0n) is 15.0. The number of rotatable bonds is 4. The molecule has 0 saturated carbocycles. The molecule has 0 bridgehead atoms. The Kier molecular flexibility index (Phi) is 5.14. The maximum absolute atomic E-state index is 12.9. The van der Waals surface area contributed by atoms with Crippen molar-refractivity contribution in [3.63, 3.8) is 0 Å². The number of fused-ring (bicyclic) bond motifs is 2. The van der Waals surface area contributed by atoms with E-state index < -0.39 is 0 Å². The summed E-state index contributed by atoms with van der Waals surface area (Å²) in [6.07, 6.45) is 3.97. The fraction of sp³-hybridized carbons (Fsp3) is 0.421. The van der Waals surface area contributed by atoms with Crippen molar-refractivity contribution < 1.29 is 9.53 Å². The van der Waals surface area contributed by atoms with Gasteiger partial charge in [-0.15, -0.1) is 0 Å². The van der Waals surface area contributed by atoms with E-state index >= 15 is 0 Å². The van der Waals surface area contributed by atoms with Crippen LogP contribution in [-0.2, 0) is 17.6 Å². The van der Waals surface area contributed by atoms with Crippen LogP contribution in [0.1, 0.15) is 36.6 Å². The number of nitrogens with zero attached hydrogens (tertiary/aromatic N) is 2. The van der Waals surface area contributed by atoms with Crippen molar-refractivity contribution in [1.29, 1.82) is 0 Å². The first-order valence-corrected chi connectivity index (χ1v) is 10.3. The third-order valence-corrected chi connectivity index (χ3v) is 6.31. The minimum Gasteiger partial charge on any atom is -0.495 e. The fourth-order valence-electron chi connectivity index (χ4n) is 3.66. The average Bonchev–Trinajstić information content (AvgIpc) is 3.05. The van der Waals surface area contributed by atoms with Gasteiger partial charge in [0.2, 0.25) is 5.91 Å². The molecule has 2 aliphatic rings. The Labute approximate surface area is 166 Å². The molecule has 0 radical (unpaired) electrons. The highest BCUT2D eigenvalue weighted by molar-refractivity contribution is 7.99. The van der Waals surface area contributed by atoms with Crippen molar-refractivity contribution in [2.45, 2.75) is 43.3 Å². The number of aryl methyl sites for hydroxylation is 1. The highest BCUT2D eigenvalue weighted by atomic mass is 35.5. The lowest BCUT2D eigenvalue weighted by atomic mass is 9.97. The number of thioether (sulfide) groups is 1. The Hall–Kier alpha value is -1.99. The molecule has 8 heteroatoms. The van der Waals surface area contributed by atoms with Gasteiger partial charge in [-0.2, -0.15) is 0 Å². The van der Waals surface area contributed by atoms with Crippen molar-refractivity contribution in [2.24, 2.45) is 0 Å². The molecule has 1 amide bonds. The molecule has 1 unspecified atom stereocenters. The zero-order chi connectivity index (χ0) is 19.0. The van der Waals surface area contributed by atoms with E-state index in [4.69, 9.17) is 21.3 Å². The molecule has 1 aliphatic heterocycles. The molecule has 1 aromatic heterocycles. The number of hydrogen-bond donors (Lipinski definition) is 1. The molecule has 0 fully saturated rings. The van der Waals surface area contributed by atoms with Crippen LogP contribution in [-0.4, -0.2) is 28.3 Å². The standard InChI is InChI=1S/C19H20ClN3O3S/c1-26-16-7-6-11(20)8-15(16)21-17(24)9-12-10-27-19-22-14-5-3-2-4-13(14)18(25)23(12)19/h6-8,12H,2-5,9-10H2,1H3,(H,21,24). The largest absolute Gasteiger partial charge is 0.495 e. The summed E-state index contributed by atoms with van der Waals surface area (Å²) in [5, 5.41) is 4.10. The van der Waals surface area contributed by atoms with Crippen molar-refractivity contribution in [3.05, 3.63) is 44.8 Å². The second-order valence-corrected chi connectivity index (χ2v) is 8.19. The second kappa shape index (κ2) is 7.56. The molecule has 6 nitrogen and oxygen atoms in total. The monoisotopic (exact) mass is 405 g/mol. The molecule has 1 aromatic carbocycles. The maximum Gasteiger partial charge on any atom is 0.257 e. The highest BCUT2D eigenvalue weighted by Gasteiger charge is 2.30. The summed E-state index contributed by atoms with van der Waals surface area (Å²) in [6, 6.07) is 4.87. The van der Waals surface area contributed by atoms with E-state index in [1.807, 2.05) is 0 Å². The molecule has 4 rings (SSSR count). The van der Waals surface area contributed by atoms with Gasteiger partial charge in [0.25, 0.3) is 5.56 Å². The Bertz CT molecular complexity index is 960. The van der Waals surface area contributed by atoms with Crippen LogP contribution in [0.4, 0.5) is 5.69 Å². The lowest BCUT2D eigenvalue weighted by Gasteiger charge is -2.19. The molecule has 1 aliphatic carbocycles. The molecular formula is C19H20ClN3O3S. The number of aromatic nitrogens is 2. The van der Waals surface area contributed by atoms with Crippen LogP contribution in [0.25, 0.3) is 0 Å². The second-order valence-electron chi connectivity index (χ2n) is 6.76. The van der Waals surface area contributed by atoms with Crippen LogP contribution < -0.4 is 15.6 Å². The molecule has 27 heavy (non-hydrogen) atoms. The Morgan fingerprint density at radius 2 is 2.22 bits per heavy atom. The number of methoxy groups -OCH3 is 1. The SMILES string of the molecule is COc1ccc(Cl)cc1NC(=O)CC1CSc2nc3c(c(=O)n21)CCCC3. The Morgan fingerprint density at radius 3 is 3.04 bits per heavy atom. The first-order chi connectivity index (χ1) is 13.1. The number of ether oxygens (including phenoxy) is 1. The van der Waals surface area contributed by atoms with E-state index in [2.05, 4.69) is 5.32 Å². The van der Waals surface area contributed by atoms with Gasteiger partial charge < -0.3 is 10.1 Å². The molecule has 0 spiro atoms. The number of benzene rings is 1. The van der Waals surface area contributed by atoms with E-state index in [1.165, 1.54) is 7.11 Å². The van der Waals surface area contributed by atoms with Crippen molar-refractivity contribution in [2.75, 3.05) is 18.2 Å². The molecule has 0 saturated heterocycles. The topological polar surface area (TPSA) is 73.2 Å². The van der Waals surface area contributed by atoms with Crippen LogP contribution in [0.15, 0.2) is 28.2 Å². The van der Waals surface area contributed by atoms with E-state index in [0.29, 0.717) is 22.2 Å². The number of halogens is 1. The van der Waals surface area contributed by atoms with Gasteiger partial charge in [-0.25, -0.2) is 4.98 Å². The summed E-state index contributed by atoms with van der Waals surface area (Å²) >= 11 is 7.57. The van der Waals surface area contributed by atoms with Crippen molar-refractivity contribution >= 4 is 35.0 Å². The third-order valence-electron chi connectivity index (χ3n) is 4.98. The fourth-order valence-corrected chi connectivity index (χ4v) is 4.98. The summed E-state index contributed by atoms with van der Waals surface area (Å²) in [4.78, 5) is 30.2. The molecular weight excluding hydrogens is 386 g/mol. The molecule has 2 heterocycles. The van der Waals surface area contributed by atoms with E-state index in [-0.39, 0.29) is 23.9 Å². The predicted molar refractivity (Wildman–Crippen MR) is 106 cm³/mol. The number of hydrogen-bond acceptors (Lipinski definition) is 5. The molecule has 1 N–H and O–H groups in total. The number of nitrogens with one attached hydrogen (secondary N) is 1. The smallest absolute Gasteiger partial charge is 0.257 e. The van der Waals surface area contributed by atoms with Crippen LogP contribution in [0.3, 0.4) is 0 Å². The van der Waals surface area contributed by atoms with Gasteiger partial charge in [-0.05, 0) is 43.9 Å². The van der Waals surface area contributed by atoms with Crippen LogP contribution in [0.5, 0.6) is 5.75 Å². The predicted octanol–water partition coefficient (Wildman–Crippen LogP) is 3.46. The summed E-state index contributed by atoms with van der Waals surface area (Å²) < 4.78 is 6.98. The normalized spacial score (nSPS) is 17.9. The molecule has 1 atom stereocenters. The Balaban J connectivity index is 1.55. The highest BCUT2D eigenvalue weighted by Crippen LogP contribution is 2.34. The van der Waals surface area contributed by atoms with E-state index in [0.717, 1.165) is 42.1 Å². The van der Waals surface area contributed by atoms with Gasteiger partial charge in [0.05, 0.1) is 24.5 Å². The van der Waals surface area contributed by atoms with Gasteiger partial charge in [0.15, 0.2) is 5.16 Å². The molecule has 2 aromatic rings. The van der Waals surface area contributed by atoms with Gasteiger partial charge in [0, 0.05) is 22.8 Å². The number of carbonyl (C=O) groups excluding carboxylic acids is 1. The summed E-state index contributed by atoms with van der Waals surface area (Å²) in [5.41, 5.74) is 2.32. The van der Waals surface area contributed by atoms with Crippen LogP contribution >= 0.6 is 23.4 Å². The first kappa shape index (κ1) is 18.4. The van der Waals surface area contributed by atoms with E-state index in [1.54, 1.807) is 34.5 Å². The van der Waals surface area contributed by atoms with Gasteiger partial charge in [-0.3, -0.25) is 14.2 Å². The minimum atomic E-state index is -0.192. The number of anilines is 1. The average molecular weight is 406 g/mol. The summed E-state index contributed by atoms with van der Waals surface area (Å²) in [7, 11) is 1.54. The summed E-state index contributed by atoms with van der Waals surface area (Å²) in [5.74, 6) is 1.03. The Morgan fingerprint density at radius 1 is 1.41 bits per heavy atom. The minimum absolute atomic E-state index is 0.0258. The molecule has 142 valence electrons. The maximum atomic E-state index is 12.9. The lowest BCUT2D eigenvalue weighted by molar-refractivity contribution is -0.116. The van der Waals surface area contributed by atoms with Crippen LogP contribution in [0, 0.1) is 0 Å². The zero-order valence-corrected chi connectivity index (χ0v) is 16.5. The van der Waals surface area contributed by atoms with Gasteiger partial charge >= 0.3 is 0 Å².